The van der Waals surface area contributed by atoms with Crippen molar-refractivity contribution in [1.29, 1.82) is 5.26 Å². The Labute approximate surface area is 156 Å². The second-order valence-electron chi connectivity index (χ2n) is 5.26. The average molecular weight is 375 g/mol. The Morgan fingerprint density at radius 2 is 2.15 bits per heavy atom. The predicted molar refractivity (Wildman–Crippen MR) is 96.5 cm³/mol. The third-order valence-corrected chi connectivity index (χ3v) is 3.70. The maximum Gasteiger partial charge on any atom is 0.269 e. The van der Waals surface area contributed by atoms with Crippen LogP contribution >= 0.6 is 11.6 Å². The van der Waals surface area contributed by atoms with Crippen LogP contribution in [0.15, 0.2) is 24.5 Å². The lowest BCUT2D eigenvalue weighted by Crippen LogP contribution is -2.33. The summed E-state index contributed by atoms with van der Waals surface area (Å²) < 4.78 is 5.74. The molecule has 0 aliphatic carbocycles. The molecule has 0 spiro atoms. The van der Waals surface area contributed by atoms with Crippen LogP contribution in [0.5, 0.6) is 0 Å². The molecule has 3 heterocycles. The summed E-state index contributed by atoms with van der Waals surface area (Å²) in [5, 5.41) is 13.5. The predicted octanol–water partition coefficient (Wildman–Crippen LogP) is 1.74. The average Bonchev–Trinajstić information content (AvgIpc) is 2.68. The SMILES string of the molecule is CC#N.CNC(=O)c1cc(-c2cc(C3CNCCO3)cc(Cl)n2)ncn1. The first kappa shape index (κ1) is 19.7. The molecule has 0 aromatic carbocycles. The minimum atomic E-state index is -0.282. The molecule has 1 atom stereocenters. The Morgan fingerprint density at radius 3 is 2.81 bits per heavy atom. The van der Waals surface area contributed by atoms with Crippen molar-refractivity contribution in [3.8, 4) is 17.5 Å². The van der Waals surface area contributed by atoms with Crippen molar-refractivity contribution < 1.29 is 9.53 Å². The van der Waals surface area contributed by atoms with Gasteiger partial charge in [0.05, 0.1) is 30.2 Å². The van der Waals surface area contributed by atoms with Crippen molar-refractivity contribution in [2.45, 2.75) is 13.0 Å². The number of nitriles is 1. The Hall–Kier alpha value is -2.60. The van der Waals surface area contributed by atoms with Crippen molar-refractivity contribution in [3.05, 3.63) is 40.9 Å². The maximum absolute atomic E-state index is 11.7. The zero-order chi connectivity index (χ0) is 18.9. The number of amides is 1. The molecule has 26 heavy (non-hydrogen) atoms. The number of pyridine rings is 1. The number of ether oxygens (including phenoxy) is 1. The first-order valence-corrected chi connectivity index (χ1v) is 8.32. The van der Waals surface area contributed by atoms with Crippen LogP contribution in [0.1, 0.15) is 29.1 Å². The molecular weight excluding hydrogens is 356 g/mol. The van der Waals surface area contributed by atoms with Gasteiger partial charge < -0.3 is 15.4 Å². The van der Waals surface area contributed by atoms with Crippen LogP contribution < -0.4 is 10.6 Å². The van der Waals surface area contributed by atoms with Gasteiger partial charge in [0, 0.05) is 27.1 Å². The third-order valence-electron chi connectivity index (χ3n) is 3.51. The highest BCUT2D eigenvalue weighted by Crippen LogP contribution is 2.26. The summed E-state index contributed by atoms with van der Waals surface area (Å²) in [6.07, 6.45) is 1.25. The van der Waals surface area contributed by atoms with Crippen LogP contribution in [0.3, 0.4) is 0 Å². The standard InChI is InChI=1S/C15H16ClN5O2.C2H3N/c1-17-15(22)12-6-10(19-8-20-12)11-4-9(5-14(16)21-11)13-7-18-2-3-23-13;1-2-3/h4-6,8,13,18H,2-3,7H2,1H3,(H,17,22);1H3. The van der Waals surface area contributed by atoms with Gasteiger partial charge in [0.15, 0.2) is 0 Å². The number of halogens is 1. The molecule has 0 radical (unpaired) electrons. The van der Waals surface area contributed by atoms with Crippen LogP contribution in [-0.2, 0) is 4.74 Å². The lowest BCUT2D eigenvalue weighted by Gasteiger charge is -2.24. The second kappa shape index (κ2) is 9.77. The summed E-state index contributed by atoms with van der Waals surface area (Å²) in [7, 11) is 1.55. The highest BCUT2D eigenvalue weighted by atomic mass is 35.5. The lowest BCUT2D eigenvalue weighted by atomic mass is 10.1. The van der Waals surface area contributed by atoms with E-state index in [0.29, 0.717) is 29.7 Å². The van der Waals surface area contributed by atoms with Crippen molar-refractivity contribution in [1.82, 2.24) is 25.6 Å². The van der Waals surface area contributed by atoms with Crippen molar-refractivity contribution in [2.24, 2.45) is 0 Å². The zero-order valence-corrected chi connectivity index (χ0v) is 15.2. The highest BCUT2D eigenvalue weighted by Gasteiger charge is 2.18. The van der Waals surface area contributed by atoms with Crippen molar-refractivity contribution in [3.63, 3.8) is 0 Å². The molecule has 1 aliphatic rings. The number of rotatable bonds is 3. The van der Waals surface area contributed by atoms with E-state index in [-0.39, 0.29) is 17.7 Å². The molecule has 9 heteroatoms. The lowest BCUT2D eigenvalue weighted by molar-refractivity contribution is 0.0277. The summed E-state index contributed by atoms with van der Waals surface area (Å²) >= 11 is 6.14. The number of nitrogens with zero attached hydrogens (tertiary/aromatic N) is 4. The summed E-state index contributed by atoms with van der Waals surface area (Å²) in [6, 6.07) is 6.99. The topological polar surface area (TPSA) is 113 Å². The van der Waals surface area contributed by atoms with Gasteiger partial charge in [-0.25, -0.2) is 15.0 Å². The number of hydrogen-bond acceptors (Lipinski definition) is 7. The van der Waals surface area contributed by atoms with Gasteiger partial charge in [-0.3, -0.25) is 4.79 Å². The zero-order valence-electron chi connectivity index (χ0n) is 14.5. The van der Waals surface area contributed by atoms with Gasteiger partial charge in [0.25, 0.3) is 5.91 Å². The fourth-order valence-electron chi connectivity index (χ4n) is 2.36. The Bertz CT molecular complexity index is 802. The van der Waals surface area contributed by atoms with E-state index in [1.54, 1.807) is 25.2 Å². The Balaban J connectivity index is 0.000000758. The molecule has 2 aromatic heterocycles. The summed E-state index contributed by atoms with van der Waals surface area (Å²) in [5.41, 5.74) is 2.31. The first-order chi connectivity index (χ1) is 12.6. The number of carbonyl (C=O) groups is 1. The molecular formula is C17H19ClN6O2. The molecule has 1 fully saturated rings. The van der Waals surface area contributed by atoms with E-state index in [1.165, 1.54) is 13.3 Å². The smallest absolute Gasteiger partial charge is 0.269 e. The van der Waals surface area contributed by atoms with Gasteiger partial charge in [0.2, 0.25) is 0 Å². The fourth-order valence-corrected chi connectivity index (χ4v) is 2.58. The van der Waals surface area contributed by atoms with Crippen LogP contribution in [0.2, 0.25) is 5.15 Å². The van der Waals surface area contributed by atoms with Crippen LogP contribution in [-0.4, -0.2) is 47.6 Å². The molecule has 136 valence electrons. The molecule has 0 bridgehead atoms. The summed E-state index contributed by atoms with van der Waals surface area (Å²) in [6.45, 7) is 3.63. The van der Waals surface area contributed by atoms with Gasteiger partial charge >= 0.3 is 0 Å². The quantitative estimate of drug-likeness (QED) is 0.786. The number of carbonyl (C=O) groups excluding carboxylic acids is 1. The Kier molecular flexibility index (Phi) is 7.41. The molecule has 1 saturated heterocycles. The summed E-state index contributed by atoms with van der Waals surface area (Å²) in [5.74, 6) is -0.282. The normalized spacial score (nSPS) is 16.0. The van der Waals surface area contributed by atoms with Gasteiger partial charge in [-0.2, -0.15) is 5.26 Å². The Morgan fingerprint density at radius 1 is 1.38 bits per heavy atom. The van der Waals surface area contributed by atoms with Crippen LogP contribution in [0, 0.1) is 11.3 Å². The minimum Gasteiger partial charge on any atom is -0.371 e. The van der Waals surface area contributed by atoms with Crippen LogP contribution in [0.4, 0.5) is 0 Å². The van der Waals surface area contributed by atoms with Gasteiger partial charge in [-0.05, 0) is 23.8 Å². The number of nitrogens with one attached hydrogen (secondary N) is 2. The molecule has 0 saturated carbocycles. The van der Waals surface area contributed by atoms with Crippen molar-refractivity contribution in [2.75, 3.05) is 26.7 Å². The number of aromatic nitrogens is 3. The van der Waals surface area contributed by atoms with Gasteiger partial charge in [-0.1, -0.05) is 11.6 Å². The second-order valence-corrected chi connectivity index (χ2v) is 5.65. The minimum absolute atomic E-state index is 0.0803. The molecule has 1 aliphatic heterocycles. The van der Waals surface area contributed by atoms with Gasteiger partial charge in [0.1, 0.15) is 17.2 Å². The van der Waals surface area contributed by atoms with Crippen molar-refractivity contribution >= 4 is 17.5 Å². The molecule has 2 N–H and O–H groups in total. The third kappa shape index (κ3) is 5.20. The van der Waals surface area contributed by atoms with E-state index in [9.17, 15) is 4.79 Å². The fraction of sp³-hybridized carbons (Fsp3) is 0.353. The van der Waals surface area contributed by atoms with E-state index >= 15 is 0 Å². The number of morpholine rings is 1. The van der Waals surface area contributed by atoms with E-state index in [4.69, 9.17) is 21.6 Å². The monoisotopic (exact) mass is 374 g/mol. The molecule has 2 aromatic rings. The first-order valence-electron chi connectivity index (χ1n) is 7.94. The molecule has 1 unspecified atom stereocenters. The maximum atomic E-state index is 11.7. The van der Waals surface area contributed by atoms with E-state index < -0.39 is 0 Å². The van der Waals surface area contributed by atoms with E-state index in [2.05, 4.69) is 25.6 Å². The molecule has 1 amide bonds. The number of hydrogen-bond donors (Lipinski definition) is 2. The van der Waals surface area contributed by atoms with Crippen LogP contribution in [0.25, 0.3) is 11.4 Å². The largest absolute Gasteiger partial charge is 0.371 e. The molecule has 3 rings (SSSR count). The van der Waals surface area contributed by atoms with Gasteiger partial charge in [-0.15, -0.1) is 0 Å². The molecule has 8 nitrogen and oxygen atoms in total. The van der Waals surface area contributed by atoms with E-state index in [0.717, 1.165) is 12.1 Å². The summed E-state index contributed by atoms with van der Waals surface area (Å²) in [4.78, 5) is 24.1. The highest BCUT2D eigenvalue weighted by molar-refractivity contribution is 6.29. The van der Waals surface area contributed by atoms with E-state index in [1.807, 2.05) is 6.07 Å².